The summed E-state index contributed by atoms with van der Waals surface area (Å²) in [5.41, 5.74) is 2.27. The van der Waals surface area contributed by atoms with E-state index in [1.165, 1.54) is 0 Å². The molecule has 3 nitrogen and oxygen atoms in total. The Morgan fingerprint density at radius 2 is 2.00 bits per heavy atom. The molecular formula is C12H21BrN2O. The largest absolute Gasteiger partial charge is 0.396 e. The molecule has 0 radical (unpaired) electrons. The second-order valence-corrected chi connectivity index (χ2v) is 6.21. The molecule has 92 valence electrons. The highest BCUT2D eigenvalue weighted by atomic mass is 79.9. The van der Waals surface area contributed by atoms with Crippen LogP contribution in [0.4, 0.5) is 0 Å². The van der Waals surface area contributed by atoms with Crippen LogP contribution in [0.15, 0.2) is 4.47 Å². The summed E-state index contributed by atoms with van der Waals surface area (Å²) in [6.45, 7) is 8.67. The molecule has 0 aliphatic carbocycles. The van der Waals surface area contributed by atoms with E-state index in [9.17, 15) is 5.11 Å². The fourth-order valence-electron chi connectivity index (χ4n) is 1.78. The van der Waals surface area contributed by atoms with Gasteiger partial charge in [-0.3, -0.25) is 4.68 Å². The molecule has 0 saturated heterocycles. The summed E-state index contributed by atoms with van der Waals surface area (Å²) in [6, 6.07) is 0. The van der Waals surface area contributed by atoms with E-state index in [1.54, 1.807) is 0 Å². The van der Waals surface area contributed by atoms with Gasteiger partial charge in [-0.2, -0.15) is 5.10 Å². The lowest BCUT2D eigenvalue weighted by molar-refractivity contribution is 0.129. The molecule has 16 heavy (non-hydrogen) atoms. The normalized spacial score (nSPS) is 14.2. The van der Waals surface area contributed by atoms with Gasteiger partial charge in [-0.05, 0) is 40.6 Å². The first-order valence-electron chi connectivity index (χ1n) is 5.56. The molecule has 0 amide bonds. The first-order valence-corrected chi connectivity index (χ1v) is 6.35. The minimum atomic E-state index is 0.104. The number of aliphatic hydroxyl groups excluding tert-OH is 1. The molecule has 4 heteroatoms. The molecule has 0 aromatic carbocycles. The van der Waals surface area contributed by atoms with Crippen molar-refractivity contribution in [3.05, 3.63) is 15.9 Å². The average Bonchev–Trinajstić information content (AvgIpc) is 2.37. The van der Waals surface area contributed by atoms with Crippen molar-refractivity contribution in [1.82, 2.24) is 9.78 Å². The Kier molecular flexibility index (Phi) is 4.18. The van der Waals surface area contributed by atoms with Crippen LogP contribution in [0.2, 0.25) is 0 Å². The van der Waals surface area contributed by atoms with Crippen LogP contribution in [0.25, 0.3) is 0 Å². The van der Waals surface area contributed by atoms with Gasteiger partial charge in [0.1, 0.15) is 0 Å². The number of halogens is 1. The van der Waals surface area contributed by atoms with E-state index in [2.05, 4.69) is 41.8 Å². The third kappa shape index (κ3) is 2.86. The number of aromatic nitrogens is 2. The van der Waals surface area contributed by atoms with Gasteiger partial charge in [0.2, 0.25) is 0 Å². The van der Waals surface area contributed by atoms with E-state index >= 15 is 0 Å². The fourth-order valence-corrected chi connectivity index (χ4v) is 2.28. The van der Waals surface area contributed by atoms with E-state index in [1.807, 2.05) is 18.7 Å². The Labute approximate surface area is 106 Å². The first kappa shape index (κ1) is 13.7. The molecule has 0 saturated carbocycles. The number of rotatable bonds is 3. The van der Waals surface area contributed by atoms with Crippen LogP contribution in [-0.4, -0.2) is 21.5 Å². The summed E-state index contributed by atoms with van der Waals surface area (Å²) in [5.74, 6) is 0.249. The molecule has 0 spiro atoms. The number of nitrogens with zero attached hydrogens (tertiary/aromatic N) is 2. The van der Waals surface area contributed by atoms with Gasteiger partial charge in [-0.15, -0.1) is 0 Å². The van der Waals surface area contributed by atoms with Crippen LogP contribution in [-0.2, 0) is 13.5 Å². The van der Waals surface area contributed by atoms with E-state index in [4.69, 9.17) is 0 Å². The summed E-state index contributed by atoms with van der Waals surface area (Å²) >= 11 is 3.56. The van der Waals surface area contributed by atoms with E-state index in [0.29, 0.717) is 0 Å². The Morgan fingerprint density at radius 1 is 1.44 bits per heavy atom. The third-order valence-corrected chi connectivity index (χ3v) is 4.18. The predicted octanol–water partition coefficient (Wildman–Crippen LogP) is 2.69. The van der Waals surface area contributed by atoms with Crippen LogP contribution in [0, 0.1) is 18.3 Å². The highest BCUT2D eigenvalue weighted by Gasteiger charge is 2.26. The van der Waals surface area contributed by atoms with Gasteiger partial charge < -0.3 is 5.11 Å². The highest BCUT2D eigenvalue weighted by Crippen LogP contribution is 2.31. The number of aryl methyl sites for hydroxylation is 2. The third-order valence-electron chi connectivity index (χ3n) is 3.15. The minimum absolute atomic E-state index is 0.104. The predicted molar refractivity (Wildman–Crippen MR) is 69.4 cm³/mol. The molecule has 1 N–H and O–H groups in total. The second-order valence-electron chi connectivity index (χ2n) is 5.42. The van der Waals surface area contributed by atoms with Crippen molar-refractivity contribution in [2.75, 3.05) is 6.61 Å². The number of aliphatic hydroxyl groups is 1. The van der Waals surface area contributed by atoms with Crippen LogP contribution in [0.5, 0.6) is 0 Å². The maximum atomic E-state index is 9.47. The summed E-state index contributed by atoms with van der Waals surface area (Å²) in [6.07, 6.45) is 0.845. The molecule has 1 aromatic rings. The lowest BCUT2D eigenvalue weighted by Crippen LogP contribution is -2.27. The van der Waals surface area contributed by atoms with Gasteiger partial charge >= 0.3 is 0 Å². The standard InChI is InChI=1S/C12H21BrN2O/c1-8-11(13)10(15(5)14-8)6-9(7-16)12(2,3)4/h9,16H,6-7H2,1-5H3. The molecule has 0 bridgehead atoms. The molecule has 1 heterocycles. The topological polar surface area (TPSA) is 38.0 Å². The first-order chi connectivity index (χ1) is 7.27. The van der Waals surface area contributed by atoms with Gasteiger partial charge in [0.15, 0.2) is 0 Å². The average molecular weight is 289 g/mol. The van der Waals surface area contributed by atoms with Crippen LogP contribution in [0.3, 0.4) is 0 Å². The monoisotopic (exact) mass is 288 g/mol. The minimum Gasteiger partial charge on any atom is -0.396 e. The molecule has 0 aliphatic rings. The molecule has 1 unspecified atom stereocenters. The van der Waals surface area contributed by atoms with Crippen molar-refractivity contribution in [1.29, 1.82) is 0 Å². The van der Waals surface area contributed by atoms with Crippen LogP contribution in [0.1, 0.15) is 32.2 Å². The molecule has 1 aromatic heterocycles. The van der Waals surface area contributed by atoms with Gasteiger partial charge in [-0.1, -0.05) is 20.8 Å². The van der Waals surface area contributed by atoms with Crippen molar-refractivity contribution in [2.24, 2.45) is 18.4 Å². The van der Waals surface area contributed by atoms with Gasteiger partial charge in [0.25, 0.3) is 0 Å². The fraction of sp³-hybridized carbons (Fsp3) is 0.750. The zero-order chi connectivity index (χ0) is 12.5. The zero-order valence-corrected chi connectivity index (χ0v) is 12.3. The van der Waals surface area contributed by atoms with Crippen LogP contribution < -0.4 is 0 Å². The van der Waals surface area contributed by atoms with E-state index in [0.717, 1.165) is 22.3 Å². The lowest BCUT2D eigenvalue weighted by Gasteiger charge is -2.29. The van der Waals surface area contributed by atoms with Gasteiger partial charge in [0, 0.05) is 13.7 Å². The number of hydrogen-bond acceptors (Lipinski definition) is 2. The Bertz CT molecular complexity index is 366. The second kappa shape index (κ2) is 4.88. The molecule has 0 fully saturated rings. The van der Waals surface area contributed by atoms with Crippen molar-refractivity contribution in [2.45, 2.75) is 34.1 Å². The summed E-state index contributed by atoms with van der Waals surface area (Å²) < 4.78 is 2.96. The van der Waals surface area contributed by atoms with Crippen molar-refractivity contribution >= 4 is 15.9 Å². The number of hydrogen-bond donors (Lipinski definition) is 1. The highest BCUT2D eigenvalue weighted by molar-refractivity contribution is 9.10. The molecule has 1 atom stereocenters. The van der Waals surface area contributed by atoms with Crippen molar-refractivity contribution in [3.63, 3.8) is 0 Å². The summed E-state index contributed by atoms with van der Waals surface area (Å²) in [5, 5.41) is 13.8. The molecule has 1 rings (SSSR count). The smallest absolute Gasteiger partial charge is 0.0738 e. The van der Waals surface area contributed by atoms with Crippen molar-refractivity contribution < 1.29 is 5.11 Å². The van der Waals surface area contributed by atoms with E-state index in [-0.39, 0.29) is 17.9 Å². The Balaban J connectivity index is 2.95. The molecular weight excluding hydrogens is 268 g/mol. The SMILES string of the molecule is Cc1nn(C)c(CC(CO)C(C)(C)C)c1Br. The molecule has 0 aliphatic heterocycles. The quantitative estimate of drug-likeness (QED) is 0.929. The van der Waals surface area contributed by atoms with Crippen LogP contribution >= 0.6 is 15.9 Å². The van der Waals surface area contributed by atoms with Gasteiger partial charge in [-0.25, -0.2) is 0 Å². The van der Waals surface area contributed by atoms with E-state index < -0.39 is 0 Å². The summed E-state index contributed by atoms with van der Waals surface area (Å²) in [7, 11) is 1.95. The van der Waals surface area contributed by atoms with Crippen molar-refractivity contribution in [3.8, 4) is 0 Å². The lowest BCUT2D eigenvalue weighted by atomic mass is 9.78. The Morgan fingerprint density at radius 3 is 2.31 bits per heavy atom. The summed E-state index contributed by atoms with van der Waals surface area (Å²) in [4.78, 5) is 0. The maximum absolute atomic E-state index is 9.47. The zero-order valence-electron chi connectivity index (χ0n) is 10.7. The maximum Gasteiger partial charge on any atom is 0.0738 e. The van der Waals surface area contributed by atoms with Gasteiger partial charge in [0.05, 0.1) is 15.9 Å². The Hall–Kier alpha value is -0.350.